The standard InChI is InChI=1S/C16H22N2O2.ClH/c1-16(11-17,13-7-8-13)18-15(20)10-9-14(19)12-5-3-2-4-6-12;/h2-6,13H,7-11,17H2,1H3,(H,18,20);1H. The summed E-state index contributed by atoms with van der Waals surface area (Å²) >= 11 is 0. The topological polar surface area (TPSA) is 72.2 Å². The molecule has 0 saturated heterocycles. The Morgan fingerprint density at radius 2 is 1.86 bits per heavy atom. The zero-order chi connectivity index (χ0) is 14.6. The van der Waals surface area contributed by atoms with Gasteiger partial charge in [0.15, 0.2) is 5.78 Å². The van der Waals surface area contributed by atoms with Gasteiger partial charge in [0, 0.05) is 24.9 Å². The molecule has 1 aliphatic rings. The van der Waals surface area contributed by atoms with Crippen LogP contribution in [-0.4, -0.2) is 23.8 Å². The minimum atomic E-state index is -0.313. The van der Waals surface area contributed by atoms with Gasteiger partial charge in [-0.1, -0.05) is 30.3 Å². The number of nitrogens with one attached hydrogen (secondary N) is 1. The van der Waals surface area contributed by atoms with Crippen LogP contribution in [0.15, 0.2) is 30.3 Å². The van der Waals surface area contributed by atoms with E-state index >= 15 is 0 Å². The highest BCUT2D eigenvalue weighted by atomic mass is 35.5. The van der Waals surface area contributed by atoms with Crippen LogP contribution in [0.3, 0.4) is 0 Å². The number of halogens is 1. The van der Waals surface area contributed by atoms with Crippen LogP contribution in [0.5, 0.6) is 0 Å². The molecule has 1 unspecified atom stereocenters. The molecule has 1 aromatic carbocycles. The molecule has 1 aromatic rings. The number of rotatable bonds is 7. The second-order valence-corrected chi connectivity index (χ2v) is 5.73. The molecule has 4 nitrogen and oxygen atoms in total. The minimum absolute atomic E-state index is 0. The van der Waals surface area contributed by atoms with E-state index in [1.807, 2.05) is 25.1 Å². The Bertz CT molecular complexity index is 488. The Morgan fingerprint density at radius 1 is 1.24 bits per heavy atom. The van der Waals surface area contributed by atoms with Gasteiger partial charge in [-0.25, -0.2) is 0 Å². The van der Waals surface area contributed by atoms with Gasteiger partial charge >= 0.3 is 0 Å². The average molecular weight is 311 g/mol. The van der Waals surface area contributed by atoms with Crippen LogP contribution >= 0.6 is 12.4 Å². The molecule has 1 fully saturated rings. The number of Topliss-reactive ketones (excluding diaryl/α,β-unsaturated/α-hetero) is 1. The van der Waals surface area contributed by atoms with Crippen LogP contribution in [0.2, 0.25) is 0 Å². The van der Waals surface area contributed by atoms with Gasteiger partial charge in [0.2, 0.25) is 5.91 Å². The van der Waals surface area contributed by atoms with Crippen LogP contribution in [0.25, 0.3) is 0 Å². The number of hydrogen-bond acceptors (Lipinski definition) is 3. The molecule has 0 spiro atoms. The van der Waals surface area contributed by atoms with Crippen molar-refractivity contribution in [2.75, 3.05) is 6.54 Å². The summed E-state index contributed by atoms with van der Waals surface area (Å²) in [5.41, 5.74) is 6.11. The summed E-state index contributed by atoms with van der Waals surface area (Å²) in [6.45, 7) is 2.43. The molecule has 21 heavy (non-hydrogen) atoms. The molecular formula is C16H23ClN2O2. The van der Waals surface area contributed by atoms with Gasteiger partial charge in [-0.15, -0.1) is 12.4 Å². The molecule has 0 aromatic heterocycles. The molecule has 116 valence electrons. The Kier molecular flexibility index (Phi) is 6.37. The zero-order valence-electron chi connectivity index (χ0n) is 12.3. The van der Waals surface area contributed by atoms with Crippen molar-refractivity contribution < 1.29 is 9.59 Å². The largest absolute Gasteiger partial charge is 0.349 e. The predicted octanol–water partition coefficient (Wildman–Crippen LogP) is 2.31. The summed E-state index contributed by atoms with van der Waals surface area (Å²) in [5, 5.41) is 3.00. The summed E-state index contributed by atoms with van der Waals surface area (Å²) in [6, 6.07) is 9.06. The van der Waals surface area contributed by atoms with Crippen molar-refractivity contribution in [1.82, 2.24) is 5.32 Å². The SMILES string of the molecule is CC(CN)(NC(=O)CCC(=O)c1ccccc1)C1CC1.Cl. The van der Waals surface area contributed by atoms with E-state index in [-0.39, 0.29) is 42.5 Å². The highest BCUT2D eigenvalue weighted by Gasteiger charge is 2.41. The monoisotopic (exact) mass is 310 g/mol. The van der Waals surface area contributed by atoms with E-state index in [1.54, 1.807) is 12.1 Å². The maximum absolute atomic E-state index is 12.0. The first-order valence-electron chi connectivity index (χ1n) is 7.14. The lowest BCUT2D eigenvalue weighted by Gasteiger charge is -2.29. The molecule has 1 saturated carbocycles. The fourth-order valence-electron chi connectivity index (χ4n) is 2.42. The van der Waals surface area contributed by atoms with Crippen molar-refractivity contribution in [2.24, 2.45) is 11.7 Å². The van der Waals surface area contributed by atoms with Crippen molar-refractivity contribution in [3.05, 3.63) is 35.9 Å². The number of benzene rings is 1. The van der Waals surface area contributed by atoms with Gasteiger partial charge in [0.25, 0.3) is 0 Å². The normalized spacial score (nSPS) is 16.5. The second kappa shape index (κ2) is 7.57. The Balaban J connectivity index is 0.00000220. The first-order chi connectivity index (χ1) is 9.55. The van der Waals surface area contributed by atoms with E-state index in [9.17, 15) is 9.59 Å². The number of hydrogen-bond donors (Lipinski definition) is 2. The third-order valence-corrected chi connectivity index (χ3v) is 4.00. The average Bonchev–Trinajstić information content (AvgIpc) is 3.30. The molecule has 0 aliphatic heterocycles. The van der Waals surface area contributed by atoms with Crippen molar-refractivity contribution >= 4 is 24.1 Å². The number of carbonyl (C=O) groups excluding carboxylic acids is 2. The summed E-state index contributed by atoms with van der Waals surface area (Å²) < 4.78 is 0. The highest BCUT2D eigenvalue weighted by molar-refractivity contribution is 5.97. The second-order valence-electron chi connectivity index (χ2n) is 5.73. The number of nitrogens with two attached hydrogens (primary N) is 1. The quantitative estimate of drug-likeness (QED) is 0.759. The van der Waals surface area contributed by atoms with Crippen LogP contribution < -0.4 is 11.1 Å². The third-order valence-electron chi connectivity index (χ3n) is 4.00. The van der Waals surface area contributed by atoms with E-state index in [0.29, 0.717) is 18.0 Å². The fraction of sp³-hybridized carbons (Fsp3) is 0.500. The van der Waals surface area contributed by atoms with E-state index in [2.05, 4.69) is 5.32 Å². The predicted molar refractivity (Wildman–Crippen MR) is 85.6 cm³/mol. The summed E-state index contributed by atoms with van der Waals surface area (Å²) in [6.07, 6.45) is 2.70. The van der Waals surface area contributed by atoms with E-state index < -0.39 is 0 Å². The van der Waals surface area contributed by atoms with E-state index in [0.717, 1.165) is 12.8 Å². The van der Waals surface area contributed by atoms with Crippen LogP contribution in [-0.2, 0) is 4.79 Å². The maximum Gasteiger partial charge on any atom is 0.220 e. The van der Waals surface area contributed by atoms with Crippen molar-refractivity contribution in [1.29, 1.82) is 0 Å². The number of ketones is 1. The third kappa shape index (κ3) is 4.83. The van der Waals surface area contributed by atoms with Crippen molar-refractivity contribution in [3.63, 3.8) is 0 Å². The molecule has 1 atom stereocenters. The first kappa shape index (κ1) is 17.7. The lowest BCUT2D eigenvalue weighted by Crippen LogP contribution is -2.53. The van der Waals surface area contributed by atoms with Gasteiger partial charge in [0.05, 0.1) is 5.54 Å². The molecular weight excluding hydrogens is 288 g/mol. The van der Waals surface area contributed by atoms with Crippen molar-refractivity contribution in [2.45, 2.75) is 38.1 Å². The molecule has 5 heteroatoms. The molecule has 2 rings (SSSR count). The van der Waals surface area contributed by atoms with Gasteiger partial charge in [-0.2, -0.15) is 0 Å². The summed E-state index contributed by atoms with van der Waals surface area (Å²) in [5.74, 6) is 0.400. The number of amides is 1. The van der Waals surface area contributed by atoms with E-state index in [4.69, 9.17) is 5.73 Å². The molecule has 0 heterocycles. The molecule has 1 aliphatic carbocycles. The molecule has 1 amide bonds. The number of carbonyl (C=O) groups is 2. The van der Waals surface area contributed by atoms with E-state index in [1.165, 1.54) is 0 Å². The van der Waals surface area contributed by atoms with Crippen LogP contribution in [0.1, 0.15) is 43.0 Å². The first-order valence-corrected chi connectivity index (χ1v) is 7.14. The maximum atomic E-state index is 12.0. The van der Waals surface area contributed by atoms with Crippen molar-refractivity contribution in [3.8, 4) is 0 Å². The Morgan fingerprint density at radius 3 is 2.38 bits per heavy atom. The Labute approximate surface area is 131 Å². The van der Waals surface area contributed by atoms with Crippen LogP contribution in [0.4, 0.5) is 0 Å². The summed E-state index contributed by atoms with van der Waals surface area (Å²) in [4.78, 5) is 23.9. The molecule has 0 bridgehead atoms. The van der Waals surface area contributed by atoms with Gasteiger partial charge in [0.1, 0.15) is 0 Å². The highest BCUT2D eigenvalue weighted by Crippen LogP contribution is 2.38. The lowest BCUT2D eigenvalue weighted by molar-refractivity contribution is -0.123. The fourth-order valence-corrected chi connectivity index (χ4v) is 2.42. The smallest absolute Gasteiger partial charge is 0.220 e. The van der Waals surface area contributed by atoms with Gasteiger partial charge in [-0.05, 0) is 25.7 Å². The zero-order valence-corrected chi connectivity index (χ0v) is 13.1. The summed E-state index contributed by atoms with van der Waals surface area (Å²) in [7, 11) is 0. The molecule has 3 N–H and O–H groups in total. The van der Waals surface area contributed by atoms with Gasteiger partial charge < -0.3 is 11.1 Å². The van der Waals surface area contributed by atoms with Gasteiger partial charge in [-0.3, -0.25) is 9.59 Å². The lowest BCUT2D eigenvalue weighted by atomic mass is 9.95. The molecule has 0 radical (unpaired) electrons. The minimum Gasteiger partial charge on any atom is -0.349 e. The van der Waals surface area contributed by atoms with Crippen LogP contribution in [0, 0.1) is 5.92 Å². The Hall–Kier alpha value is -1.39.